The zero-order valence-corrected chi connectivity index (χ0v) is 9.40. The van der Waals surface area contributed by atoms with Gasteiger partial charge in [0, 0.05) is 11.3 Å². The molecule has 0 spiro atoms. The zero-order chi connectivity index (χ0) is 9.80. The van der Waals surface area contributed by atoms with Gasteiger partial charge in [0.05, 0.1) is 12.7 Å². The van der Waals surface area contributed by atoms with Gasteiger partial charge >= 0.3 is 0 Å². The lowest BCUT2D eigenvalue weighted by Gasteiger charge is -2.23. The van der Waals surface area contributed by atoms with E-state index in [0.717, 1.165) is 26.0 Å². The molecular formula is C11H17NOS. The van der Waals surface area contributed by atoms with Crippen molar-refractivity contribution < 1.29 is 4.74 Å². The second-order valence-corrected chi connectivity index (χ2v) is 4.66. The fourth-order valence-corrected chi connectivity index (χ4v) is 2.84. The summed E-state index contributed by atoms with van der Waals surface area (Å²) in [6.07, 6.45) is 3.80. The summed E-state index contributed by atoms with van der Waals surface area (Å²) < 4.78 is 5.79. The average molecular weight is 211 g/mol. The minimum absolute atomic E-state index is 0.360. The van der Waals surface area contributed by atoms with Gasteiger partial charge in [-0.25, -0.2) is 0 Å². The number of rotatable bonds is 4. The van der Waals surface area contributed by atoms with Crippen LogP contribution in [0.1, 0.15) is 29.4 Å². The van der Waals surface area contributed by atoms with Gasteiger partial charge in [-0.2, -0.15) is 0 Å². The SMILES string of the molecule is CNCCC[C@@H]1OCCc2sccc21. The maximum absolute atomic E-state index is 5.79. The number of nitrogens with one attached hydrogen (secondary N) is 1. The highest BCUT2D eigenvalue weighted by Gasteiger charge is 2.20. The number of thiophene rings is 1. The summed E-state index contributed by atoms with van der Waals surface area (Å²) in [7, 11) is 2.00. The minimum atomic E-state index is 0.360. The molecule has 3 heteroatoms. The van der Waals surface area contributed by atoms with E-state index in [-0.39, 0.29) is 0 Å². The molecule has 0 saturated carbocycles. The summed E-state index contributed by atoms with van der Waals surface area (Å²) >= 11 is 1.87. The lowest BCUT2D eigenvalue weighted by atomic mass is 10.0. The average Bonchev–Trinajstić information content (AvgIpc) is 2.67. The molecule has 2 heterocycles. The molecule has 14 heavy (non-hydrogen) atoms. The maximum atomic E-state index is 5.79. The first-order chi connectivity index (χ1) is 6.92. The summed E-state index contributed by atoms with van der Waals surface area (Å²) in [6, 6.07) is 2.23. The monoisotopic (exact) mass is 211 g/mol. The Bertz CT molecular complexity index is 285. The highest BCUT2D eigenvalue weighted by molar-refractivity contribution is 7.10. The largest absolute Gasteiger partial charge is 0.373 e. The van der Waals surface area contributed by atoms with Gasteiger partial charge in [-0.15, -0.1) is 11.3 Å². The third-order valence-electron chi connectivity index (χ3n) is 2.67. The molecule has 1 N–H and O–H groups in total. The smallest absolute Gasteiger partial charge is 0.0836 e. The highest BCUT2D eigenvalue weighted by Crippen LogP contribution is 2.33. The first kappa shape index (κ1) is 10.1. The fourth-order valence-electron chi connectivity index (χ4n) is 1.93. The lowest BCUT2D eigenvalue weighted by Crippen LogP contribution is -2.16. The van der Waals surface area contributed by atoms with E-state index in [9.17, 15) is 0 Å². The Morgan fingerprint density at radius 2 is 2.57 bits per heavy atom. The van der Waals surface area contributed by atoms with Crippen LogP contribution < -0.4 is 5.32 Å². The molecule has 1 aromatic heterocycles. The molecule has 1 aromatic rings. The van der Waals surface area contributed by atoms with E-state index in [0.29, 0.717) is 6.10 Å². The molecule has 0 fully saturated rings. The quantitative estimate of drug-likeness (QED) is 0.772. The van der Waals surface area contributed by atoms with Crippen LogP contribution in [0.5, 0.6) is 0 Å². The van der Waals surface area contributed by atoms with Gasteiger partial charge in [0.15, 0.2) is 0 Å². The topological polar surface area (TPSA) is 21.3 Å². The molecule has 2 rings (SSSR count). The van der Waals surface area contributed by atoms with E-state index in [1.807, 2.05) is 18.4 Å². The molecule has 0 unspecified atom stereocenters. The normalized spacial score (nSPS) is 20.8. The molecule has 0 bridgehead atoms. The van der Waals surface area contributed by atoms with Crippen molar-refractivity contribution in [2.24, 2.45) is 0 Å². The Hall–Kier alpha value is -0.380. The van der Waals surface area contributed by atoms with Gasteiger partial charge in [0.2, 0.25) is 0 Å². The molecule has 0 radical (unpaired) electrons. The van der Waals surface area contributed by atoms with Crippen LogP contribution in [0.4, 0.5) is 0 Å². The Labute approximate surface area is 89.3 Å². The summed E-state index contributed by atoms with van der Waals surface area (Å²) in [6.45, 7) is 1.98. The zero-order valence-electron chi connectivity index (χ0n) is 8.58. The van der Waals surface area contributed by atoms with Crippen LogP contribution >= 0.6 is 11.3 Å². The number of fused-ring (bicyclic) bond motifs is 1. The van der Waals surface area contributed by atoms with Crippen LogP contribution in [-0.2, 0) is 11.2 Å². The standard InChI is InChI=1S/C11H17NOS/c1-12-6-2-3-10-9-5-8-14-11(9)4-7-13-10/h5,8,10,12H,2-4,6-7H2,1H3/t10-/m0/s1. The number of hydrogen-bond donors (Lipinski definition) is 1. The minimum Gasteiger partial charge on any atom is -0.373 e. The van der Waals surface area contributed by atoms with Crippen molar-refractivity contribution in [3.05, 3.63) is 21.9 Å². The van der Waals surface area contributed by atoms with Gasteiger partial charge in [-0.05, 0) is 43.4 Å². The Morgan fingerprint density at radius 1 is 1.64 bits per heavy atom. The van der Waals surface area contributed by atoms with E-state index in [2.05, 4.69) is 16.8 Å². The van der Waals surface area contributed by atoms with Crippen LogP contribution in [0.25, 0.3) is 0 Å². The first-order valence-corrected chi connectivity index (χ1v) is 6.12. The van der Waals surface area contributed by atoms with Crippen molar-refractivity contribution in [2.45, 2.75) is 25.4 Å². The Balaban J connectivity index is 1.94. The molecule has 0 aromatic carbocycles. The van der Waals surface area contributed by atoms with Gasteiger partial charge in [-0.3, -0.25) is 0 Å². The number of ether oxygens (including phenoxy) is 1. The van der Waals surface area contributed by atoms with E-state index in [1.165, 1.54) is 16.9 Å². The predicted molar refractivity (Wildman–Crippen MR) is 59.9 cm³/mol. The fraction of sp³-hybridized carbons (Fsp3) is 0.636. The van der Waals surface area contributed by atoms with Crippen molar-refractivity contribution in [3.8, 4) is 0 Å². The van der Waals surface area contributed by atoms with E-state index in [1.54, 1.807) is 0 Å². The molecule has 0 amide bonds. The van der Waals surface area contributed by atoms with Gasteiger partial charge in [-0.1, -0.05) is 0 Å². The van der Waals surface area contributed by atoms with Crippen LogP contribution in [-0.4, -0.2) is 20.2 Å². The third kappa shape index (κ3) is 2.16. The Morgan fingerprint density at radius 3 is 3.43 bits per heavy atom. The molecule has 2 nitrogen and oxygen atoms in total. The summed E-state index contributed by atoms with van der Waals surface area (Å²) in [5.41, 5.74) is 1.44. The van der Waals surface area contributed by atoms with Crippen LogP contribution in [0, 0.1) is 0 Å². The third-order valence-corrected chi connectivity index (χ3v) is 3.66. The first-order valence-electron chi connectivity index (χ1n) is 5.24. The number of hydrogen-bond acceptors (Lipinski definition) is 3. The second-order valence-electron chi connectivity index (χ2n) is 3.65. The van der Waals surface area contributed by atoms with E-state index < -0.39 is 0 Å². The summed E-state index contributed by atoms with van der Waals surface area (Å²) in [5, 5.41) is 5.36. The van der Waals surface area contributed by atoms with Crippen molar-refractivity contribution in [1.82, 2.24) is 5.32 Å². The summed E-state index contributed by atoms with van der Waals surface area (Å²) in [5.74, 6) is 0. The van der Waals surface area contributed by atoms with Crippen molar-refractivity contribution >= 4 is 11.3 Å². The molecule has 0 saturated heterocycles. The van der Waals surface area contributed by atoms with Crippen molar-refractivity contribution in [2.75, 3.05) is 20.2 Å². The molecule has 1 atom stereocenters. The van der Waals surface area contributed by atoms with Gasteiger partial charge < -0.3 is 10.1 Å². The van der Waals surface area contributed by atoms with E-state index >= 15 is 0 Å². The molecule has 1 aliphatic heterocycles. The molecule has 0 aliphatic carbocycles. The summed E-state index contributed by atoms with van der Waals surface area (Å²) in [4.78, 5) is 1.53. The van der Waals surface area contributed by atoms with Crippen LogP contribution in [0.15, 0.2) is 11.4 Å². The van der Waals surface area contributed by atoms with Crippen LogP contribution in [0.2, 0.25) is 0 Å². The van der Waals surface area contributed by atoms with Crippen molar-refractivity contribution in [1.29, 1.82) is 0 Å². The maximum Gasteiger partial charge on any atom is 0.0836 e. The second kappa shape index (κ2) is 4.91. The van der Waals surface area contributed by atoms with Crippen molar-refractivity contribution in [3.63, 3.8) is 0 Å². The molecular weight excluding hydrogens is 194 g/mol. The molecule has 78 valence electrons. The lowest BCUT2D eigenvalue weighted by molar-refractivity contribution is 0.0366. The predicted octanol–water partition coefficient (Wildman–Crippen LogP) is 2.36. The van der Waals surface area contributed by atoms with E-state index in [4.69, 9.17) is 4.74 Å². The van der Waals surface area contributed by atoms with Gasteiger partial charge in [0.25, 0.3) is 0 Å². The van der Waals surface area contributed by atoms with Gasteiger partial charge in [0.1, 0.15) is 0 Å². The Kier molecular flexibility index (Phi) is 3.56. The molecule has 1 aliphatic rings. The highest BCUT2D eigenvalue weighted by atomic mass is 32.1. The van der Waals surface area contributed by atoms with Crippen LogP contribution in [0.3, 0.4) is 0 Å².